The standard InChI is InChI=1S/C43H78O6/c1-5-9-13-17-21-23-25-29-33-37-38(34-30-26-24-22-18-14-10-6-2)41(47-35-31-27-19-15-11-7-3)42(39(44)40(37)49-43(45)46)48-36-32-28-20-16-12-8-4/h44H,5-36H2,1-4H3,(H,45,46). The van der Waals surface area contributed by atoms with Crippen molar-refractivity contribution in [1.82, 2.24) is 0 Å². The van der Waals surface area contributed by atoms with Gasteiger partial charge in [0.25, 0.3) is 0 Å². The largest absolute Gasteiger partial charge is 0.511 e. The average Bonchev–Trinajstić information content (AvgIpc) is 3.09. The average molecular weight is 691 g/mol. The van der Waals surface area contributed by atoms with E-state index in [9.17, 15) is 15.0 Å². The quantitative estimate of drug-likeness (QED) is 0.0419. The van der Waals surface area contributed by atoms with Crippen LogP contribution in [-0.2, 0) is 12.8 Å². The van der Waals surface area contributed by atoms with E-state index in [1.807, 2.05) is 0 Å². The van der Waals surface area contributed by atoms with Crippen LogP contribution in [0.3, 0.4) is 0 Å². The van der Waals surface area contributed by atoms with Crippen molar-refractivity contribution in [2.45, 2.75) is 220 Å². The summed E-state index contributed by atoms with van der Waals surface area (Å²) in [6, 6.07) is 0. The van der Waals surface area contributed by atoms with Gasteiger partial charge in [0.2, 0.25) is 11.5 Å². The molecule has 0 amide bonds. The minimum atomic E-state index is -1.41. The zero-order valence-electron chi connectivity index (χ0n) is 32.7. The topological polar surface area (TPSA) is 85.2 Å². The number of phenols is 1. The van der Waals surface area contributed by atoms with Gasteiger partial charge in [-0.15, -0.1) is 0 Å². The molecule has 0 unspecified atom stereocenters. The van der Waals surface area contributed by atoms with Crippen molar-refractivity contribution in [2.75, 3.05) is 13.2 Å². The van der Waals surface area contributed by atoms with Gasteiger partial charge in [-0.3, -0.25) is 0 Å². The van der Waals surface area contributed by atoms with Crippen LogP contribution in [0.2, 0.25) is 0 Å². The predicted molar refractivity (Wildman–Crippen MR) is 207 cm³/mol. The van der Waals surface area contributed by atoms with Crippen LogP contribution >= 0.6 is 0 Å². The molecule has 0 aliphatic rings. The van der Waals surface area contributed by atoms with Gasteiger partial charge in [-0.25, -0.2) is 4.79 Å². The fourth-order valence-electron chi connectivity index (χ4n) is 6.76. The van der Waals surface area contributed by atoms with Gasteiger partial charge in [0.15, 0.2) is 11.5 Å². The first kappa shape index (κ1) is 44.9. The molecule has 0 atom stereocenters. The van der Waals surface area contributed by atoms with Gasteiger partial charge in [0, 0.05) is 11.1 Å². The number of phenolic OH excluding ortho intramolecular Hbond substituents is 1. The van der Waals surface area contributed by atoms with E-state index in [0.717, 1.165) is 68.9 Å². The molecular weight excluding hydrogens is 612 g/mol. The zero-order chi connectivity index (χ0) is 35.8. The Bertz CT molecular complexity index is 930. The molecule has 1 aromatic rings. The molecular formula is C43H78O6. The van der Waals surface area contributed by atoms with Crippen LogP contribution in [0.25, 0.3) is 0 Å². The van der Waals surface area contributed by atoms with Crippen LogP contribution in [0.4, 0.5) is 4.79 Å². The molecule has 0 aliphatic carbocycles. The van der Waals surface area contributed by atoms with Crippen molar-refractivity contribution >= 4 is 6.16 Å². The molecule has 0 bridgehead atoms. The lowest BCUT2D eigenvalue weighted by Gasteiger charge is -2.23. The van der Waals surface area contributed by atoms with Crippen LogP contribution in [-0.4, -0.2) is 29.6 Å². The third-order valence-electron chi connectivity index (χ3n) is 9.79. The number of aromatic hydroxyl groups is 1. The van der Waals surface area contributed by atoms with E-state index >= 15 is 0 Å². The monoisotopic (exact) mass is 691 g/mol. The zero-order valence-corrected chi connectivity index (χ0v) is 32.7. The highest BCUT2D eigenvalue weighted by molar-refractivity contribution is 5.71. The molecule has 0 saturated carbocycles. The molecule has 2 N–H and O–H groups in total. The van der Waals surface area contributed by atoms with E-state index < -0.39 is 6.16 Å². The normalized spacial score (nSPS) is 11.3. The minimum absolute atomic E-state index is 0.0508. The number of benzene rings is 1. The summed E-state index contributed by atoms with van der Waals surface area (Å²) in [4.78, 5) is 12.0. The molecule has 0 aliphatic heterocycles. The molecule has 1 aromatic carbocycles. The maximum Gasteiger partial charge on any atom is 0.511 e. The number of hydrogen-bond acceptors (Lipinski definition) is 5. The lowest BCUT2D eigenvalue weighted by atomic mass is 9.93. The van der Waals surface area contributed by atoms with Crippen LogP contribution in [0, 0.1) is 0 Å². The number of hydrogen-bond donors (Lipinski definition) is 2. The maximum atomic E-state index is 12.0. The van der Waals surface area contributed by atoms with E-state index in [1.165, 1.54) is 128 Å². The van der Waals surface area contributed by atoms with Crippen molar-refractivity contribution in [2.24, 2.45) is 0 Å². The van der Waals surface area contributed by atoms with Crippen molar-refractivity contribution < 1.29 is 29.2 Å². The Hall–Kier alpha value is -2.11. The predicted octanol–water partition coefficient (Wildman–Crippen LogP) is 14.3. The van der Waals surface area contributed by atoms with Gasteiger partial charge >= 0.3 is 6.16 Å². The maximum absolute atomic E-state index is 12.0. The third kappa shape index (κ3) is 21.7. The molecule has 0 spiro atoms. The van der Waals surface area contributed by atoms with Gasteiger partial charge in [-0.1, -0.05) is 182 Å². The molecule has 0 saturated heterocycles. The molecule has 0 radical (unpaired) electrons. The Morgan fingerprint density at radius 3 is 1.10 bits per heavy atom. The second-order valence-electron chi connectivity index (χ2n) is 14.3. The summed E-state index contributed by atoms with van der Waals surface area (Å²) < 4.78 is 18.3. The molecule has 49 heavy (non-hydrogen) atoms. The van der Waals surface area contributed by atoms with Crippen LogP contribution in [0.15, 0.2) is 0 Å². The highest BCUT2D eigenvalue weighted by Crippen LogP contribution is 2.50. The number of carboxylic acid groups (broad SMARTS) is 1. The highest BCUT2D eigenvalue weighted by Gasteiger charge is 2.28. The second kappa shape index (κ2) is 31.8. The Morgan fingerprint density at radius 2 is 0.735 bits per heavy atom. The van der Waals surface area contributed by atoms with E-state index in [2.05, 4.69) is 27.7 Å². The van der Waals surface area contributed by atoms with Crippen molar-refractivity contribution in [3.63, 3.8) is 0 Å². The summed E-state index contributed by atoms with van der Waals surface area (Å²) in [6.45, 7) is 9.96. The number of carbonyl (C=O) groups is 1. The summed E-state index contributed by atoms with van der Waals surface area (Å²) in [7, 11) is 0. The fraction of sp³-hybridized carbons (Fsp3) is 0.837. The smallest absolute Gasteiger partial charge is 0.502 e. The van der Waals surface area contributed by atoms with E-state index in [0.29, 0.717) is 25.4 Å². The van der Waals surface area contributed by atoms with E-state index in [1.54, 1.807) is 0 Å². The van der Waals surface area contributed by atoms with Crippen LogP contribution in [0.1, 0.15) is 219 Å². The van der Waals surface area contributed by atoms with Gasteiger partial charge in [-0.2, -0.15) is 0 Å². The van der Waals surface area contributed by atoms with Crippen molar-refractivity contribution in [3.05, 3.63) is 11.1 Å². The first-order valence-corrected chi connectivity index (χ1v) is 21.1. The highest BCUT2D eigenvalue weighted by atomic mass is 16.7. The summed E-state index contributed by atoms with van der Waals surface area (Å²) in [5.74, 6) is 0.716. The number of unbranched alkanes of at least 4 members (excludes halogenated alkanes) is 24. The Kier molecular flexibility index (Phi) is 29.2. The van der Waals surface area contributed by atoms with Gasteiger partial charge in [-0.05, 0) is 38.5 Å². The third-order valence-corrected chi connectivity index (χ3v) is 9.79. The Balaban J connectivity index is 3.31. The van der Waals surface area contributed by atoms with Gasteiger partial charge in [0.05, 0.1) is 13.2 Å². The molecule has 0 aromatic heterocycles. The Labute approximate surface area is 302 Å². The molecule has 0 heterocycles. The summed E-state index contributed by atoms with van der Waals surface area (Å²) in [5.41, 5.74) is 1.77. The van der Waals surface area contributed by atoms with Gasteiger partial charge in [0.1, 0.15) is 0 Å². The van der Waals surface area contributed by atoms with Gasteiger partial charge < -0.3 is 24.4 Å². The van der Waals surface area contributed by atoms with Crippen LogP contribution < -0.4 is 14.2 Å². The van der Waals surface area contributed by atoms with E-state index in [-0.39, 0.29) is 17.2 Å². The molecule has 6 nitrogen and oxygen atoms in total. The molecule has 286 valence electrons. The summed E-state index contributed by atoms with van der Waals surface area (Å²) in [6.07, 6.45) is 33.0. The lowest BCUT2D eigenvalue weighted by molar-refractivity contribution is 0.141. The summed E-state index contributed by atoms with van der Waals surface area (Å²) >= 11 is 0. The first-order chi connectivity index (χ1) is 24.0. The first-order valence-electron chi connectivity index (χ1n) is 21.1. The second-order valence-corrected chi connectivity index (χ2v) is 14.3. The van der Waals surface area contributed by atoms with E-state index in [4.69, 9.17) is 14.2 Å². The Morgan fingerprint density at radius 1 is 0.429 bits per heavy atom. The fourth-order valence-corrected chi connectivity index (χ4v) is 6.76. The van der Waals surface area contributed by atoms with Crippen molar-refractivity contribution in [3.8, 4) is 23.0 Å². The lowest BCUT2D eigenvalue weighted by Crippen LogP contribution is -2.12. The molecule has 0 fully saturated rings. The van der Waals surface area contributed by atoms with Crippen LogP contribution in [0.5, 0.6) is 23.0 Å². The molecule has 1 rings (SSSR count). The van der Waals surface area contributed by atoms with Crippen molar-refractivity contribution in [1.29, 1.82) is 0 Å². The summed E-state index contributed by atoms with van der Waals surface area (Å²) in [5, 5.41) is 21.4. The molecule has 6 heteroatoms. The minimum Gasteiger partial charge on any atom is -0.502 e. The number of rotatable bonds is 35. The SMILES string of the molecule is CCCCCCCCCCc1c(CCCCCCCCCC)c(OCCCCCCCC)c(OCCCCCCCC)c(O)c1OC(=O)O. The number of ether oxygens (including phenoxy) is 3.